The van der Waals surface area contributed by atoms with Crippen LogP contribution < -0.4 is 26.4 Å². The number of ether oxygens (including phenoxy) is 1. The molecule has 0 fully saturated rings. The van der Waals surface area contributed by atoms with Crippen molar-refractivity contribution < 1.29 is 9.53 Å². The molecular formula is C18H18N6O2. The number of nitrogens with two attached hydrogens (primary N) is 1. The summed E-state index contributed by atoms with van der Waals surface area (Å²) in [7, 11) is 1.59. The molecule has 2 aliphatic rings. The number of hydrogen-bond donors (Lipinski definition) is 4. The molecule has 1 amide bonds. The predicted octanol–water partition coefficient (Wildman–Crippen LogP) is 1.49. The van der Waals surface area contributed by atoms with E-state index in [9.17, 15) is 4.79 Å². The summed E-state index contributed by atoms with van der Waals surface area (Å²) in [6.45, 7) is 1.97. The maximum atomic E-state index is 12.7. The molecule has 2 aromatic rings. The van der Waals surface area contributed by atoms with Gasteiger partial charge in [-0.2, -0.15) is 0 Å². The standard InChI is InChI=1S/C18H18N6O2/c1-10-7-8-14(26-2)13(9-10)21-17-22-16(19)23-18(24-17)11-5-3-4-6-12(11)20-15(18)25/h3-9H,1-2H3,(H,20,25)(H4,19,21,22,23,24)/t18-/m1/s1. The van der Waals surface area contributed by atoms with Gasteiger partial charge in [-0.05, 0) is 30.7 Å². The quantitative estimate of drug-likeness (QED) is 0.655. The van der Waals surface area contributed by atoms with E-state index in [0.717, 1.165) is 5.56 Å². The molecule has 0 radical (unpaired) electrons. The van der Waals surface area contributed by atoms with Crippen LogP contribution in [-0.2, 0) is 10.5 Å². The van der Waals surface area contributed by atoms with Crippen molar-refractivity contribution in [2.24, 2.45) is 15.7 Å². The van der Waals surface area contributed by atoms with E-state index >= 15 is 0 Å². The number of nitrogens with one attached hydrogen (secondary N) is 3. The molecule has 0 aromatic heterocycles. The molecule has 0 saturated carbocycles. The third-order valence-electron chi connectivity index (χ3n) is 4.28. The Morgan fingerprint density at radius 2 is 1.96 bits per heavy atom. The summed E-state index contributed by atoms with van der Waals surface area (Å²) in [4.78, 5) is 21.5. The second-order valence-corrected chi connectivity index (χ2v) is 6.08. The Hall–Kier alpha value is -3.55. The Labute approximate surface area is 150 Å². The Morgan fingerprint density at radius 1 is 1.15 bits per heavy atom. The summed E-state index contributed by atoms with van der Waals surface area (Å²) in [5.41, 5.74) is 7.60. The number of benzene rings is 2. The first-order valence-electron chi connectivity index (χ1n) is 8.06. The maximum absolute atomic E-state index is 12.7. The number of carbonyl (C=O) groups is 1. The van der Waals surface area contributed by atoms with E-state index in [2.05, 4.69) is 25.9 Å². The molecule has 2 heterocycles. The number of aliphatic imine (C=N–C) groups is 2. The number of hydrogen-bond acceptors (Lipinski definition) is 7. The molecule has 0 bridgehead atoms. The maximum Gasteiger partial charge on any atom is 0.280 e. The van der Waals surface area contributed by atoms with E-state index in [1.807, 2.05) is 49.4 Å². The fourth-order valence-corrected chi connectivity index (χ4v) is 3.09. The lowest BCUT2D eigenvalue weighted by atomic mass is 10.0. The van der Waals surface area contributed by atoms with Crippen molar-refractivity contribution in [2.45, 2.75) is 12.6 Å². The van der Waals surface area contributed by atoms with Gasteiger partial charge in [0.1, 0.15) is 5.75 Å². The predicted molar refractivity (Wildman–Crippen MR) is 100 cm³/mol. The molecule has 8 nitrogen and oxygen atoms in total. The molecule has 4 rings (SSSR count). The number of methoxy groups -OCH3 is 1. The van der Waals surface area contributed by atoms with Crippen molar-refractivity contribution in [3.63, 3.8) is 0 Å². The SMILES string of the molecule is COc1ccc(C)cc1NC1=N[C@@]2(N=C(N)N1)C(=O)Nc1ccccc12. The monoisotopic (exact) mass is 350 g/mol. The highest BCUT2D eigenvalue weighted by atomic mass is 16.5. The van der Waals surface area contributed by atoms with Crippen LogP contribution in [0.5, 0.6) is 5.75 Å². The lowest BCUT2D eigenvalue weighted by molar-refractivity contribution is -0.120. The number of nitrogens with zero attached hydrogens (tertiary/aromatic N) is 2. The third kappa shape index (κ3) is 2.43. The lowest BCUT2D eigenvalue weighted by Crippen LogP contribution is -2.49. The van der Waals surface area contributed by atoms with Crippen LogP contribution in [0.2, 0.25) is 0 Å². The summed E-state index contributed by atoms with van der Waals surface area (Å²) >= 11 is 0. The van der Waals surface area contributed by atoms with Gasteiger partial charge in [0, 0.05) is 11.3 Å². The van der Waals surface area contributed by atoms with Crippen LogP contribution in [0.1, 0.15) is 11.1 Å². The Kier molecular flexibility index (Phi) is 3.54. The van der Waals surface area contributed by atoms with Crippen molar-refractivity contribution in [3.8, 4) is 5.75 Å². The number of aryl methyl sites for hydroxylation is 1. The summed E-state index contributed by atoms with van der Waals surface area (Å²) in [5, 5.41) is 8.82. The Morgan fingerprint density at radius 3 is 2.77 bits per heavy atom. The van der Waals surface area contributed by atoms with Gasteiger partial charge in [-0.3, -0.25) is 10.1 Å². The van der Waals surface area contributed by atoms with Gasteiger partial charge in [0.25, 0.3) is 11.6 Å². The third-order valence-corrected chi connectivity index (χ3v) is 4.28. The van der Waals surface area contributed by atoms with Crippen molar-refractivity contribution in [1.82, 2.24) is 5.32 Å². The minimum Gasteiger partial charge on any atom is -0.495 e. The number of fused-ring (bicyclic) bond motifs is 2. The van der Waals surface area contributed by atoms with Gasteiger partial charge in [-0.1, -0.05) is 24.3 Å². The van der Waals surface area contributed by atoms with Gasteiger partial charge in [0.2, 0.25) is 5.96 Å². The smallest absolute Gasteiger partial charge is 0.280 e. The summed E-state index contributed by atoms with van der Waals surface area (Å²) < 4.78 is 5.38. The zero-order valence-corrected chi connectivity index (χ0v) is 14.3. The summed E-state index contributed by atoms with van der Waals surface area (Å²) in [6, 6.07) is 13.0. The zero-order valence-electron chi connectivity index (χ0n) is 14.3. The van der Waals surface area contributed by atoms with Crippen LogP contribution in [0.15, 0.2) is 52.4 Å². The van der Waals surface area contributed by atoms with Crippen LogP contribution in [0.4, 0.5) is 11.4 Å². The molecule has 26 heavy (non-hydrogen) atoms. The number of rotatable bonds is 2. The van der Waals surface area contributed by atoms with Crippen molar-refractivity contribution in [3.05, 3.63) is 53.6 Å². The molecule has 2 aromatic carbocycles. The molecule has 0 unspecified atom stereocenters. The molecule has 2 aliphatic heterocycles. The highest BCUT2D eigenvalue weighted by molar-refractivity contribution is 6.13. The number of carbonyl (C=O) groups excluding carboxylic acids is 1. The van der Waals surface area contributed by atoms with E-state index in [1.165, 1.54) is 0 Å². The second kappa shape index (κ2) is 5.76. The summed E-state index contributed by atoms with van der Waals surface area (Å²) in [6.07, 6.45) is 0. The molecule has 1 spiro atoms. The second-order valence-electron chi connectivity index (χ2n) is 6.08. The minimum absolute atomic E-state index is 0.0981. The topological polar surface area (TPSA) is 113 Å². The van der Waals surface area contributed by atoms with Crippen LogP contribution in [0.25, 0.3) is 0 Å². The van der Waals surface area contributed by atoms with Crippen LogP contribution >= 0.6 is 0 Å². The average molecular weight is 350 g/mol. The molecule has 8 heteroatoms. The highest BCUT2D eigenvalue weighted by Crippen LogP contribution is 2.41. The van der Waals surface area contributed by atoms with E-state index < -0.39 is 5.66 Å². The minimum atomic E-state index is -1.44. The first-order chi connectivity index (χ1) is 12.5. The molecule has 1 atom stereocenters. The first-order valence-corrected chi connectivity index (χ1v) is 8.06. The van der Waals surface area contributed by atoms with E-state index in [1.54, 1.807) is 7.11 Å². The van der Waals surface area contributed by atoms with Crippen LogP contribution in [0.3, 0.4) is 0 Å². The zero-order chi connectivity index (χ0) is 18.3. The van der Waals surface area contributed by atoms with Crippen LogP contribution in [-0.4, -0.2) is 24.9 Å². The number of para-hydroxylation sites is 1. The molecule has 132 valence electrons. The lowest BCUT2D eigenvalue weighted by Gasteiger charge is -2.26. The molecule has 5 N–H and O–H groups in total. The fourth-order valence-electron chi connectivity index (χ4n) is 3.09. The number of anilines is 2. The van der Waals surface area contributed by atoms with E-state index in [4.69, 9.17) is 10.5 Å². The van der Waals surface area contributed by atoms with Crippen molar-refractivity contribution in [1.29, 1.82) is 0 Å². The van der Waals surface area contributed by atoms with Gasteiger partial charge in [-0.15, -0.1) is 0 Å². The van der Waals surface area contributed by atoms with E-state index in [0.29, 0.717) is 28.6 Å². The van der Waals surface area contributed by atoms with Gasteiger partial charge < -0.3 is 21.1 Å². The molecule has 0 aliphatic carbocycles. The van der Waals surface area contributed by atoms with Crippen LogP contribution in [0, 0.1) is 6.92 Å². The fraction of sp³-hybridized carbons (Fsp3) is 0.167. The van der Waals surface area contributed by atoms with Crippen molar-refractivity contribution in [2.75, 3.05) is 17.7 Å². The first kappa shape index (κ1) is 15.9. The number of guanidine groups is 2. The number of amides is 1. The van der Waals surface area contributed by atoms with E-state index in [-0.39, 0.29) is 11.9 Å². The highest BCUT2D eigenvalue weighted by Gasteiger charge is 2.49. The summed E-state index contributed by atoms with van der Waals surface area (Å²) in [5.74, 6) is 0.708. The van der Waals surface area contributed by atoms with Crippen molar-refractivity contribution >= 4 is 29.2 Å². The van der Waals surface area contributed by atoms with Gasteiger partial charge in [0.15, 0.2) is 5.96 Å². The molecule has 0 saturated heterocycles. The largest absolute Gasteiger partial charge is 0.495 e. The van der Waals surface area contributed by atoms with Gasteiger partial charge in [-0.25, -0.2) is 9.98 Å². The molecular weight excluding hydrogens is 332 g/mol. The van der Waals surface area contributed by atoms with Gasteiger partial charge >= 0.3 is 0 Å². The normalized spacial score (nSPS) is 20.6. The van der Waals surface area contributed by atoms with Gasteiger partial charge in [0.05, 0.1) is 12.8 Å². The Balaban J connectivity index is 1.78. The average Bonchev–Trinajstić information content (AvgIpc) is 2.86. The Bertz CT molecular complexity index is 968.